The molecule has 4 rings (SSSR count). The molecule has 1 atom stereocenters. The van der Waals surface area contributed by atoms with Gasteiger partial charge in [-0.3, -0.25) is 14.7 Å². The number of anilines is 1. The van der Waals surface area contributed by atoms with Gasteiger partial charge in [-0.05, 0) is 49.9 Å². The van der Waals surface area contributed by atoms with Crippen LogP contribution in [0.3, 0.4) is 0 Å². The predicted octanol–water partition coefficient (Wildman–Crippen LogP) is 5.57. The predicted molar refractivity (Wildman–Crippen MR) is 119 cm³/mol. The second kappa shape index (κ2) is 9.50. The van der Waals surface area contributed by atoms with Gasteiger partial charge in [-0.25, -0.2) is 4.39 Å². The van der Waals surface area contributed by atoms with Crippen LogP contribution in [0.1, 0.15) is 71.1 Å². The van der Waals surface area contributed by atoms with E-state index in [-0.39, 0.29) is 17.9 Å². The lowest BCUT2D eigenvalue weighted by molar-refractivity contribution is -0.117. The fourth-order valence-electron chi connectivity index (χ4n) is 5.02. The van der Waals surface area contributed by atoms with Crippen LogP contribution in [-0.4, -0.2) is 40.0 Å². The summed E-state index contributed by atoms with van der Waals surface area (Å²) in [4.78, 5) is 22.2. The van der Waals surface area contributed by atoms with Gasteiger partial charge >= 0.3 is 0 Å². The van der Waals surface area contributed by atoms with Crippen LogP contribution in [-0.2, 0) is 4.79 Å². The Morgan fingerprint density at radius 2 is 1.66 bits per heavy atom. The van der Waals surface area contributed by atoms with E-state index < -0.39 is 0 Å². The number of carbonyl (C=O) groups is 1. The van der Waals surface area contributed by atoms with Crippen molar-refractivity contribution in [2.75, 3.05) is 10.7 Å². The van der Waals surface area contributed by atoms with Crippen molar-refractivity contribution in [3.8, 4) is 0 Å². The summed E-state index contributed by atoms with van der Waals surface area (Å²) in [7, 11) is 0. The smallest absolute Gasteiger partial charge is 0.225 e. The largest absolute Gasteiger partial charge is 0.327 e. The third-order valence-corrected chi connectivity index (χ3v) is 7.52. The first-order valence-corrected chi connectivity index (χ1v) is 12.2. The number of hydrogen-bond acceptors (Lipinski definition) is 3. The van der Waals surface area contributed by atoms with Gasteiger partial charge in [0.05, 0.1) is 6.04 Å². The zero-order valence-electron chi connectivity index (χ0n) is 17.4. The number of rotatable bonds is 4. The minimum Gasteiger partial charge on any atom is -0.327 e. The molecule has 3 fully saturated rings. The Morgan fingerprint density at radius 3 is 2.28 bits per heavy atom. The lowest BCUT2D eigenvalue weighted by Gasteiger charge is -2.41. The topological polar surface area (TPSA) is 35.9 Å². The molecule has 2 aliphatic carbocycles. The maximum atomic E-state index is 13.5. The fraction of sp³-hybridized carbons (Fsp3) is 0.652. The lowest BCUT2D eigenvalue weighted by atomic mass is 9.94. The highest BCUT2D eigenvalue weighted by Crippen LogP contribution is 2.37. The van der Waals surface area contributed by atoms with Crippen LogP contribution in [0.25, 0.3) is 0 Å². The summed E-state index contributed by atoms with van der Waals surface area (Å²) >= 11 is 1.80. The number of amides is 1. The lowest BCUT2D eigenvalue weighted by Crippen LogP contribution is -2.54. The number of amidine groups is 1. The summed E-state index contributed by atoms with van der Waals surface area (Å²) in [6.07, 6.45) is 12.3. The van der Waals surface area contributed by atoms with E-state index in [1.165, 1.54) is 63.5 Å². The van der Waals surface area contributed by atoms with Crippen LogP contribution >= 0.6 is 11.8 Å². The van der Waals surface area contributed by atoms with Crippen molar-refractivity contribution in [2.45, 2.75) is 89.4 Å². The second-order valence-electron chi connectivity index (χ2n) is 8.56. The zero-order chi connectivity index (χ0) is 20.2. The first-order chi connectivity index (χ1) is 14.1. The van der Waals surface area contributed by atoms with Gasteiger partial charge in [0.25, 0.3) is 0 Å². The molecule has 158 valence electrons. The summed E-state index contributed by atoms with van der Waals surface area (Å²) in [5.74, 6) is 0.544. The van der Waals surface area contributed by atoms with Crippen molar-refractivity contribution >= 4 is 28.5 Å². The van der Waals surface area contributed by atoms with Gasteiger partial charge in [0, 0.05) is 24.4 Å². The molecule has 1 aromatic carbocycles. The first kappa shape index (κ1) is 20.7. The molecule has 2 saturated carbocycles. The molecule has 1 amide bonds. The Labute approximate surface area is 177 Å². The molecule has 0 radical (unpaired) electrons. The van der Waals surface area contributed by atoms with E-state index in [1.54, 1.807) is 30.8 Å². The molecular formula is C23H32FN3OS. The van der Waals surface area contributed by atoms with E-state index in [9.17, 15) is 9.18 Å². The van der Waals surface area contributed by atoms with E-state index in [2.05, 4.69) is 4.90 Å². The number of nitrogens with zero attached hydrogens (tertiary/aromatic N) is 3. The Kier molecular flexibility index (Phi) is 6.78. The summed E-state index contributed by atoms with van der Waals surface area (Å²) in [6, 6.07) is 7.18. The number of thioether (sulfide) groups is 1. The number of hydrogen-bond donors (Lipinski definition) is 0. The summed E-state index contributed by atoms with van der Waals surface area (Å²) < 4.78 is 13.5. The number of halogens is 1. The summed E-state index contributed by atoms with van der Waals surface area (Å²) in [6.45, 7) is 1.61. The van der Waals surface area contributed by atoms with Gasteiger partial charge in [-0.15, -0.1) is 0 Å². The maximum absolute atomic E-state index is 13.5. The van der Waals surface area contributed by atoms with Crippen LogP contribution in [0, 0.1) is 5.82 Å². The molecule has 1 heterocycles. The molecule has 0 N–H and O–H groups in total. The van der Waals surface area contributed by atoms with Crippen molar-refractivity contribution in [3.63, 3.8) is 0 Å². The summed E-state index contributed by atoms with van der Waals surface area (Å²) in [5.41, 5.74) is 0.768. The highest BCUT2D eigenvalue weighted by Gasteiger charge is 2.41. The Bertz CT molecular complexity index is 726. The molecular weight excluding hydrogens is 385 g/mol. The Hall–Kier alpha value is -1.56. The average molecular weight is 418 g/mol. The maximum Gasteiger partial charge on any atom is 0.225 e. The van der Waals surface area contributed by atoms with Crippen molar-refractivity contribution in [1.82, 2.24) is 4.90 Å². The molecule has 1 aliphatic heterocycles. The molecule has 1 unspecified atom stereocenters. The molecule has 4 nitrogen and oxygen atoms in total. The average Bonchev–Trinajstić information content (AvgIpc) is 3.13. The van der Waals surface area contributed by atoms with Gasteiger partial charge in [0.2, 0.25) is 5.91 Å². The quantitative estimate of drug-likeness (QED) is 0.642. The van der Waals surface area contributed by atoms with E-state index >= 15 is 0 Å². The van der Waals surface area contributed by atoms with Crippen molar-refractivity contribution in [2.24, 2.45) is 4.99 Å². The number of carbonyl (C=O) groups excluding carboxylic acids is 1. The van der Waals surface area contributed by atoms with Gasteiger partial charge in [-0.1, -0.05) is 50.3 Å². The van der Waals surface area contributed by atoms with Crippen LogP contribution in [0.15, 0.2) is 29.3 Å². The minimum atomic E-state index is -0.276. The Balaban J connectivity index is 1.65. The monoisotopic (exact) mass is 417 g/mol. The highest BCUT2D eigenvalue weighted by molar-refractivity contribution is 8.14. The molecule has 0 aromatic heterocycles. The SMILES string of the molecule is CC(=O)N(c1ccc(F)cc1)C1CSC(=NC2CCCCC2)N1C1CCCCC1. The standard InChI is InChI=1S/C23H32FN3OS/c1-17(28)26(21-14-12-18(24)13-15-21)22-16-29-23(25-19-8-4-2-5-9-19)27(22)20-10-6-3-7-11-20/h12-15,19-20,22H,2-11,16H2,1H3. The third kappa shape index (κ3) is 4.79. The summed E-state index contributed by atoms with van der Waals surface area (Å²) in [5, 5.41) is 1.13. The van der Waals surface area contributed by atoms with Crippen LogP contribution < -0.4 is 4.90 Å². The van der Waals surface area contributed by atoms with E-state index in [0.29, 0.717) is 12.1 Å². The van der Waals surface area contributed by atoms with Crippen LogP contribution in [0.2, 0.25) is 0 Å². The molecule has 0 bridgehead atoms. The second-order valence-corrected chi connectivity index (χ2v) is 9.55. The highest BCUT2D eigenvalue weighted by atomic mass is 32.2. The molecule has 29 heavy (non-hydrogen) atoms. The van der Waals surface area contributed by atoms with Crippen LogP contribution in [0.5, 0.6) is 0 Å². The van der Waals surface area contributed by atoms with Gasteiger partial charge in [0.15, 0.2) is 5.17 Å². The molecule has 3 aliphatic rings. The van der Waals surface area contributed by atoms with Crippen molar-refractivity contribution in [1.29, 1.82) is 0 Å². The normalized spacial score (nSPS) is 25.5. The first-order valence-electron chi connectivity index (χ1n) is 11.2. The Morgan fingerprint density at radius 1 is 1.03 bits per heavy atom. The minimum absolute atomic E-state index is 0.00179. The van der Waals surface area contributed by atoms with E-state index in [4.69, 9.17) is 4.99 Å². The van der Waals surface area contributed by atoms with E-state index in [1.807, 2.05) is 4.90 Å². The van der Waals surface area contributed by atoms with Crippen LogP contribution in [0.4, 0.5) is 10.1 Å². The molecule has 6 heteroatoms. The molecule has 0 spiro atoms. The molecule has 1 saturated heterocycles. The fourth-order valence-corrected chi connectivity index (χ4v) is 6.28. The third-order valence-electron chi connectivity index (χ3n) is 6.48. The van der Waals surface area contributed by atoms with Crippen molar-refractivity contribution in [3.05, 3.63) is 30.1 Å². The zero-order valence-corrected chi connectivity index (χ0v) is 18.2. The number of benzene rings is 1. The van der Waals surface area contributed by atoms with Crippen molar-refractivity contribution < 1.29 is 9.18 Å². The van der Waals surface area contributed by atoms with Gasteiger partial charge < -0.3 is 4.90 Å². The van der Waals surface area contributed by atoms with Gasteiger partial charge in [-0.2, -0.15) is 0 Å². The van der Waals surface area contributed by atoms with Gasteiger partial charge in [0.1, 0.15) is 12.0 Å². The number of aliphatic imine (C=N–C) groups is 1. The molecule has 1 aromatic rings. The van der Waals surface area contributed by atoms with E-state index in [0.717, 1.165) is 29.4 Å².